The highest BCUT2D eigenvalue weighted by molar-refractivity contribution is 7.90. The molecule has 140 valence electrons. The summed E-state index contributed by atoms with van der Waals surface area (Å²) in [5.74, 6) is -6.57. The van der Waals surface area contributed by atoms with Gasteiger partial charge in [-0.2, -0.15) is 8.78 Å². The Hall–Kier alpha value is -1.94. The van der Waals surface area contributed by atoms with Crippen molar-refractivity contribution in [3.63, 3.8) is 0 Å². The van der Waals surface area contributed by atoms with Crippen molar-refractivity contribution in [2.24, 2.45) is 5.92 Å². The number of hydrogen-bond acceptors (Lipinski definition) is 6. The number of nitrogens with one attached hydrogen (secondary N) is 1. The molecule has 1 saturated heterocycles. The zero-order valence-electron chi connectivity index (χ0n) is 13.8. The fourth-order valence-corrected chi connectivity index (χ4v) is 3.49. The first kappa shape index (κ1) is 19.4. The summed E-state index contributed by atoms with van der Waals surface area (Å²) in [7, 11) is -1.82. The lowest BCUT2D eigenvalue weighted by molar-refractivity contribution is -0.157. The van der Waals surface area contributed by atoms with Gasteiger partial charge in [-0.05, 0) is 25.0 Å². The summed E-state index contributed by atoms with van der Waals surface area (Å²) in [5, 5.41) is 0. The molecule has 0 aliphatic carbocycles. The Labute approximate surface area is 144 Å². The van der Waals surface area contributed by atoms with Gasteiger partial charge in [-0.3, -0.25) is 4.79 Å². The van der Waals surface area contributed by atoms with Gasteiger partial charge in [-0.25, -0.2) is 13.1 Å². The van der Waals surface area contributed by atoms with Crippen LogP contribution >= 0.6 is 0 Å². The number of hydrogen-bond donors (Lipinski definition) is 1. The third kappa shape index (κ3) is 4.18. The van der Waals surface area contributed by atoms with Gasteiger partial charge in [0.15, 0.2) is 11.5 Å². The Kier molecular flexibility index (Phi) is 5.83. The number of halogens is 2. The molecule has 0 spiro atoms. The molecule has 0 radical (unpaired) electrons. The fraction of sp³-hybridized carbons (Fsp3) is 0.533. The van der Waals surface area contributed by atoms with Crippen LogP contribution in [0.4, 0.5) is 8.78 Å². The van der Waals surface area contributed by atoms with Gasteiger partial charge < -0.3 is 14.2 Å². The molecule has 1 fully saturated rings. The number of rotatable bonds is 6. The molecular weight excluding hydrogens is 360 g/mol. The molecule has 0 bridgehead atoms. The van der Waals surface area contributed by atoms with Gasteiger partial charge in [0.25, 0.3) is 10.0 Å². The van der Waals surface area contributed by atoms with Crippen molar-refractivity contribution in [1.29, 1.82) is 0 Å². The predicted octanol–water partition coefficient (Wildman–Crippen LogP) is 1.57. The second-order valence-corrected chi connectivity index (χ2v) is 7.14. The molecule has 1 aromatic rings. The van der Waals surface area contributed by atoms with E-state index >= 15 is 0 Å². The number of carbonyl (C=O) groups excluding carboxylic acids is 1. The third-order valence-electron chi connectivity index (χ3n) is 3.93. The van der Waals surface area contributed by atoms with E-state index in [0.717, 1.165) is 12.1 Å². The number of amides is 1. The fourth-order valence-electron chi connectivity index (χ4n) is 2.48. The van der Waals surface area contributed by atoms with Crippen LogP contribution in [-0.4, -0.2) is 47.7 Å². The minimum Gasteiger partial charge on any atom is -0.493 e. The molecule has 1 aliphatic heterocycles. The predicted molar refractivity (Wildman–Crippen MR) is 83.4 cm³/mol. The van der Waals surface area contributed by atoms with Crippen LogP contribution in [0.25, 0.3) is 0 Å². The molecule has 1 heterocycles. The summed E-state index contributed by atoms with van der Waals surface area (Å²) in [6, 6.07) is 3.51. The largest absolute Gasteiger partial charge is 0.493 e. The van der Waals surface area contributed by atoms with E-state index in [1.54, 1.807) is 0 Å². The molecule has 0 atom stereocenters. The number of ether oxygens (including phenoxy) is 3. The number of methoxy groups -OCH3 is 2. The maximum atomic E-state index is 14.2. The number of carbonyl (C=O) groups is 1. The molecule has 0 saturated carbocycles. The van der Waals surface area contributed by atoms with E-state index in [1.807, 2.05) is 0 Å². The smallest absolute Gasteiger partial charge is 0.328 e. The topological polar surface area (TPSA) is 90.9 Å². The summed E-state index contributed by atoms with van der Waals surface area (Å²) in [4.78, 5) is 11.5. The Bertz CT molecular complexity index is 732. The van der Waals surface area contributed by atoms with Crippen LogP contribution in [0.1, 0.15) is 12.8 Å². The SMILES string of the molecule is COc1ccc(S(=O)(=O)NC(=O)C(F)(F)C2CCOCC2)cc1OC. The van der Waals surface area contributed by atoms with Crippen LogP contribution in [0.15, 0.2) is 23.1 Å². The molecule has 25 heavy (non-hydrogen) atoms. The first-order valence-electron chi connectivity index (χ1n) is 7.47. The molecule has 0 aromatic heterocycles. The van der Waals surface area contributed by atoms with Crippen molar-refractivity contribution in [2.45, 2.75) is 23.7 Å². The van der Waals surface area contributed by atoms with Gasteiger partial charge in [0.2, 0.25) is 0 Å². The van der Waals surface area contributed by atoms with Crippen molar-refractivity contribution in [3.05, 3.63) is 18.2 Å². The minimum absolute atomic E-state index is 0.0170. The third-order valence-corrected chi connectivity index (χ3v) is 5.26. The van der Waals surface area contributed by atoms with E-state index in [9.17, 15) is 22.0 Å². The highest BCUT2D eigenvalue weighted by atomic mass is 32.2. The summed E-state index contributed by atoms with van der Waals surface area (Å²) in [5.41, 5.74) is 0. The van der Waals surface area contributed by atoms with Gasteiger partial charge in [0, 0.05) is 25.2 Å². The van der Waals surface area contributed by atoms with Gasteiger partial charge >= 0.3 is 11.8 Å². The lowest BCUT2D eigenvalue weighted by Crippen LogP contribution is -2.48. The van der Waals surface area contributed by atoms with Gasteiger partial charge in [0.1, 0.15) is 0 Å². The summed E-state index contributed by atoms with van der Waals surface area (Å²) >= 11 is 0. The van der Waals surface area contributed by atoms with Crippen molar-refractivity contribution in [2.75, 3.05) is 27.4 Å². The quantitative estimate of drug-likeness (QED) is 0.807. The summed E-state index contributed by atoms with van der Waals surface area (Å²) in [6.45, 7) is 0.214. The van der Waals surface area contributed by atoms with Crippen LogP contribution in [-0.2, 0) is 19.6 Å². The van der Waals surface area contributed by atoms with Crippen LogP contribution in [0.2, 0.25) is 0 Å². The van der Waals surface area contributed by atoms with Crippen molar-refractivity contribution < 1.29 is 36.2 Å². The van der Waals surface area contributed by atoms with Crippen LogP contribution in [0.3, 0.4) is 0 Å². The Morgan fingerprint density at radius 2 is 1.80 bits per heavy atom. The Morgan fingerprint density at radius 1 is 1.20 bits per heavy atom. The minimum atomic E-state index is -4.49. The van der Waals surface area contributed by atoms with E-state index in [2.05, 4.69) is 0 Å². The van der Waals surface area contributed by atoms with E-state index < -0.39 is 27.8 Å². The molecular formula is C15H19F2NO6S. The maximum Gasteiger partial charge on any atom is 0.328 e. The molecule has 10 heteroatoms. The zero-order valence-corrected chi connectivity index (χ0v) is 14.6. The summed E-state index contributed by atoms with van der Waals surface area (Å²) < 4.78 is 69.4. The standard InChI is InChI=1S/C15H19F2NO6S/c1-22-12-4-3-11(9-13(12)23-2)25(20,21)18-14(19)15(16,17)10-5-7-24-8-6-10/h3-4,9-10H,5-8H2,1-2H3,(H,18,19). The van der Waals surface area contributed by atoms with E-state index in [0.29, 0.717) is 0 Å². The molecule has 1 aliphatic rings. The normalized spacial score (nSPS) is 16.3. The number of benzene rings is 1. The van der Waals surface area contributed by atoms with Gasteiger partial charge in [-0.1, -0.05) is 0 Å². The van der Waals surface area contributed by atoms with E-state index in [-0.39, 0.29) is 42.4 Å². The number of alkyl halides is 2. The van der Waals surface area contributed by atoms with Crippen LogP contribution in [0.5, 0.6) is 11.5 Å². The van der Waals surface area contributed by atoms with Crippen LogP contribution < -0.4 is 14.2 Å². The molecule has 1 aromatic carbocycles. The van der Waals surface area contributed by atoms with Crippen molar-refractivity contribution in [1.82, 2.24) is 4.72 Å². The second-order valence-electron chi connectivity index (χ2n) is 5.46. The monoisotopic (exact) mass is 379 g/mol. The molecule has 1 N–H and O–H groups in total. The first-order chi connectivity index (χ1) is 11.7. The lowest BCUT2D eigenvalue weighted by atomic mass is 9.92. The number of sulfonamides is 1. The average Bonchev–Trinajstić information content (AvgIpc) is 2.61. The maximum absolute atomic E-state index is 14.2. The van der Waals surface area contributed by atoms with Crippen molar-refractivity contribution >= 4 is 15.9 Å². The Balaban J connectivity index is 2.21. The highest BCUT2D eigenvalue weighted by Gasteiger charge is 2.48. The first-order valence-corrected chi connectivity index (χ1v) is 8.95. The van der Waals surface area contributed by atoms with Crippen LogP contribution in [0, 0.1) is 5.92 Å². The average molecular weight is 379 g/mol. The summed E-state index contributed by atoms with van der Waals surface area (Å²) in [6.07, 6.45) is -0.0341. The molecule has 1 amide bonds. The Morgan fingerprint density at radius 3 is 2.36 bits per heavy atom. The van der Waals surface area contributed by atoms with Gasteiger partial charge in [0.05, 0.1) is 19.1 Å². The molecule has 7 nitrogen and oxygen atoms in total. The lowest BCUT2D eigenvalue weighted by Gasteiger charge is -2.28. The molecule has 0 unspecified atom stereocenters. The second kappa shape index (κ2) is 7.52. The zero-order chi connectivity index (χ0) is 18.7. The highest BCUT2D eigenvalue weighted by Crippen LogP contribution is 2.34. The molecule has 2 rings (SSSR count). The van der Waals surface area contributed by atoms with E-state index in [4.69, 9.17) is 14.2 Å². The van der Waals surface area contributed by atoms with E-state index in [1.165, 1.54) is 25.0 Å². The van der Waals surface area contributed by atoms with Crippen molar-refractivity contribution in [3.8, 4) is 11.5 Å². The van der Waals surface area contributed by atoms with Gasteiger partial charge in [-0.15, -0.1) is 0 Å².